The Morgan fingerprint density at radius 3 is 2.30 bits per heavy atom. The van der Waals surface area contributed by atoms with Gasteiger partial charge in [-0.25, -0.2) is 17.8 Å². The van der Waals surface area contributed by atoms with E-state index < -0.39 is 10.0 Å². The van der Waals surface area contributed by atoms with Crippen molar-refractivity contribution >= 4 is 21.5 Å². The zero-order chi connectivity index (χ0) is 19.3. The normalized spacial score (nSPS) is 11.2. The Labute approximate surface area is 158 Å². The van der Waals surface area contributed by atoms with Crippen LogP contribution in [0, 0.1) is 5.82 Å². The van der Waals surface area contributed by atoms with E-state index in [1.165, 1.54) is 28.7 Å². The molecule has 0 radical (unpaired) electrons. The van der Waals surface area contributed by atoms with Crippen LogP contribution in [-0.4, -0.2) is 19.9 Å². The molecule has 0 aliphatic carbocycles. The molecule has 5 nitrogen and oxygen atoms in total. The van der Waals surface area contributed by atoms with Crippen molar-refractivity contribution in [2.75, 3.05) is 16.2 Å². The molecule has 3 aromatic rings. The first-order valence-corrected chi connectivity index (χ1v) is 9.97. The predicted molar refractivity (Wildman–Crippen MR) is 105 cm³/mol. The number of hydrogen-bond donors (Lipinski definition) is 1. The highest BCUT2D eigenvalue weighted by Gasteiger charge is 2.23. The summed E-state index contributed by atoms with van der Waals surface area (Å²) in [6, 6.07) is 18.2. The molecule has 0 aliphatic rings. The van der Waals surface area contributed by atoms with Crippen molar-refractivity contribution in [1.29, 1.82) is 0 Å². The van der Waals surface area contributed by atoms with E-state index in [4.69, 9.17) is 0 Å². The third kappa shape index (κ3) is 4.43. The van der Waals surface area contributed by atoms with Crippen molar-refractivity contribution in [3.63, 3.8) is 0 Å². The van der Waals surface area contributed by atoms with Gasteiger partial charge < -0.3 is 5.32 Å². The minimum atomic E-state index is -3.69. The van der Waals surface area contributed by atoms with E-state index in [2.05, 4.69) is 10.3 Å². The van der Waals surface area contributed by atoms with E-state index in [9.17, 15) is 12.8 Å². The van der Waals surface area contributed by atoms with Gasteiger partial charge in [-0.3, -0.25) is 4.31 Å². The molecule has 3 rings (SSSR count). The summed E-state index contributed by atoms with van der Waals surface area (Å²) in [6.07, 6.45) is 1.34. The van der Waals surface area contributed by atoms with Gasteiger partial charge in [-0.15, -0.1) is 0 Å². The molecular weight excluding hydrogens is 365 g/mol. The molecule has 0 unspecified atom stereocenters. The number of nitrogens with one attached hydrogen (secondary N) is 1. The maximum absolute atomic E-state index is 12.9. The van der Waals surface area contributed by atoms with Crippen LogP contribution in [0.5, 0.6) is 0 Å². The van der Waals surface area contributed by atoms with Gasteiger partial charge in [0.2, 0.25) is 0 Å². The van der Waals surface area contributed by atoms with Crippen LogP contribution in [0.4, 0.5) is 15.9 Å². The Morgan fingerprint density at radius 2 is 1.70 bits per heavy atom. The van der Waals surface area contributed by atoms with Crippen LogP contribution in [0.15, 0.2) is 77.8 Å². The molecule has 140 valence electrons. The van der Waals surface area contributed by atoms with Crippen molar-refractivity contribution in [1.82, 2.24) is 4.98 Å². The third-order valence-corrected chi connectivity index (χ3v) is 5.93. The fraction of sp³-hybridized carbons (Fsp3) is 0.150. The molecule has 0 saturated carbocycles. The van der Waals surface area contributed by atoms with E-state index >= 15 is 0 Å². The monoisotopic (exact) mass is 385 g/mol. The second kappa shape index (κ2) is 8.18. The van der Waals surface area contributed by atoms with Gasteiger partial charge in [-0.1, -0.05) is 30.3 Å². The van der Waals surface area contributed by atoms with Crippen LogP contribution < -0.4 is 9.62 Å². The Hall–Kier alpha value is -2.93. The number of hydrogen-bond acceptors (Lipinski definition) is 4. The van der Waals surface area contributed by atoms with Crippen molar-refractivity contribution < 1.29 is 12.8 Å². The zero-order valence-electron chi connectivity index (χ0n) is 14.8. The van der Waals surface area contributed by atoms with Gasteiger partial charge in [-0.05, 0) is 48.9 Å². The number of nitrogens with zero attached hydrogens (tertiary/aromatic N) is 2. The van der Waals surface area contributed by atoms with Gasteiger partial charge in [0.1, 0.15) is 16.5 Å². The highest BCUT2D eigenvalue weighted by atomic mass is 32.2. The molecule has 0 saturated heterocycles. The number of anilines is 2. The molecule has 0 bridgehead atoms. The fourth-order valence-electron chi connectivity index (χ4n) is 2.65. The minimum Gasteiger partial charge on any atom is -0.366 e. The molecule has 1 N–H and O–H groups in total. The van der Waals surface area contributed by atoms with Crippen molar-refractivity contribution in [3.05, 3.63) is 84.3 Å². The van der Waals surface area contributed by atoms with Crippen LogP contribution in [0.1, 0.15) is 12.5 Å². The first-order chi connectivity index (χ1) is 13.0. The lowest BCUT2D eigenvalue weighted by atomic mass is 10.2. The summed E-state index contributed by atoms with van der Waals surface area (Å²) in [5, 5.41) is 3.09. The van der Waals surface area contributed by atoms with Crippen LogP contribution in [-0.2, 0) is 16.6 Å². The largest absolute Gasteiger partial charge is 0.366 e. The van der Waals surface area contributed by atoms with E-state index in [0.717, 1.165) is 5.56 Å². The maximum atomic E-state index is 12.9. The Kier molecular flexibility index (Phi) is 5.71. The number of para-hydroxylation sites is 1. The van der Waals surface area contributed by atoms with Crippen LogP contribution >= 0.6 is 0 Å². The van der Waals surface area contributed by atoms with Gasteiger partial charge in [0.05, 0.1) is 5.69 Å². The summed E-state index contributed by atoms with van der Waals surface area (Å²) < 4.78 is 40.1. The van der Waals surface area contributed by atoms with Crippen molar-refractivity contribution in [2.24, 2.45) is 0 Å². The van der Waals surface area contributed by atoms with E-state index in [1.807, 2.05) is 6.07 Å². The van der Waals surface area contributed by atoms with Crippen molar-refractivity contribution in [2.45, 2.75) is 18.4 Å². The Balaban J connectivity index is 1.74. The lowest BCUT2D eigenvalue weighted by molar-refractivity contribution is 0.591. The third-order valence-electron chi connectivity index (χ3n) is 4.04. The lowest BCUT2D eigenvalue weighted by Crippen LogP contribution is -2.30. The van der Waals surface area contributed by atoms with Gasteiger partial charge in [0.15, 0.2) is 0 Å². The summed E-state index contributed by atoms with van der Waals surface area (Å²) in [5.41, 5.74) is 1.51. The van der Waals surface area contributed by atoms with E-state index in [-0.39, 0.29) is 10.7 Å². The van der Waals surface area contributed by atoms with Crippen LogP contribution in [0.3, 0.4) is 0 Å². The molecule has 27 heavy (non-hydrogen) atoms. The maximum Gasteiger partial charge on any atom is 0.265 e. The average Bonchev–Trinajstić information content (AvgIpc) is 2.69. The van der Waals surface area contributed by atoms with E-state index in [0.29, 0.717) is 24.6 Å². The van der Waals surface area contributed by atoms with Crippen LogP contribution in [0.25, 0.3) is 0 Å². The summed E-state index contributed by atoms with van der Waals surface area (Å²) in [5.74, 6) is 0.256. The Morgan fingerprint density at radius 1 is 1.00 bits per heavy atom. The first kappa shape index (κ1) is 18.8. The minimum absolute atomic E-state index is 0.125. The molecule has 0 spiro atoms. The van der Waals surface area contributed by atoms with Gasteiger partial charge in [0.25, 0.3) is 10.0 Å². The molecule has 1 heterocycles. The highest BCUT2D eigenvalue weighted by molar-refractivity contribution is 7.92. The molecule has 0 amide bonds. The molecule has 0 atom stereocenters. The summed E-state index contributed by atoms with van der Waals surface area (Å²) in [7, 11) is -3.69. The smallest absolute Gasteiger partial charge is 0.265 e. The number of rotatable bonds is 7. The Bertz CT molecular complexity index is 976. The average molecular weight is 385 g/mol. The second-order valence-electron chi connectivity index (χ2n) is 5.86. The number of halogens is 1. The summed E-state index contributed by atoms with van der Waals surface area (Å²) >= 11 is 0. The number of benzene rings is 2. The molecular formula is C20H20FN3O2S. The highest BCUT2D eigenvalue weighted by Crippen LogP contribution is 2.23. The van der Waals surface area contributed by atoms with Gasteiger partial charge in [0, 0.05) is 19.3 Å². The number of sulfonamides is 1. The number of aromatic nitrogens is 1. The molecule has 1 aromatic heterocycles. The fourth-order valence-corrected chi connectivity index (χ4v) is 4.06. The first-order valence-electron chi connectivity index (χ1n) is 8.53. The SMILES string of the molecule is CCN(c1ccccc1)S(=O)(=O)c1ccc(NCc2ccc(F)cc2)nc1. The molecule has 7 heteroatoms. The van der Waals surface area contributed by atoms with Crippen LogP contribution in [0.2, 0.25) is 0 Å². The molecule has 0 fully saturated rings. The summed E-state index contributed by atoms with van der Waals surface area (Å²) in [6.45, 7) is 2.57. The second-order valence-corrected chi connectivity index (χ2v) is 7.73. The standard InChI is InChI=1S/C20H20FN3O2S/c1-2-24(18-6-4-3-5-7-18)27(25,26)19-12-13-20(23-15-19)22-14-16-8-10-17(21)11-9-16/h3-13,15H,2,14H2,1H3,(H,22,23). The molecule has 0 aliphatic heterocycles. The molecule has 2 aromatic carbocycles. The predicted octanol–water partition coefficient (Wildman–Crippen LogP) is 4.05. The lowest BCUT2D eigenvalue weighted by Gasteiger charge is -2.22. The zero-order valence-corrected chi connectivity index (χ0v) is 15.7. The van der Waals surface area contributed by atoms with Gasteiger partial charge >= 0.3 is 0 Å². The number of pyridine rings is 1. The summed E-state index contributed by atoms with van der Waals surface area (Å²) in [4.78, 5) is 4.32. The van der Waals surface area contributed by atoms with Gasteiger partial charge in [-0.2, -0.15) is 0 Å². The quantitative estimate of drug-likeness (QED) is 0.667. The van der Waals surface area contributed by atoms with E-state index in [1.54, 1.807) is 49.4 Å². The topological polar surface area (TPSA) is 62.3 Å². The van der Waals surface area contributed by atoms with Crippen molar-refractivity contribution in [3.8, 4) is 0 Å².